The standard InChI is InChI=1S/C10H11FO.C2H4O2/c11-8-3-1-6-10(7-8)12-9-4-2-5-9;1-4-2-3/h1,3,6-7,9H,2,4-5H2;2H,1H3. The maximum Gasteiger partial charge on any atom is 0.292 e. The largest absolute Gasteiger partial charge is 0.490 e. The van der Waals surface area contributed by atoms with E-state index < -0.39 is 0 Å². The van der Waals surface area contributed by atoms with Crippen LogP contribution in [0.25, 0.3) is 0 Å². The van der Waals surface area contributed by atoms with Gasteiger partial charge in [0.1, 0.15) is 11.6 Å². The minimum atomic E-state index is -0.230. The highest BCUT2D eigenvalue weighted by molar-refractivity contribution is 5.36. The molecule has 0 radical (unpaired) electrons. The fraction of sp³-hybridized carbons (Fsp3) is 0.417. The van der Waals surface area contributed by atoms with Crippen molar-refractivity contribution in [2.75, 3.05) is 7.11 Å². The van der Waals surface area contributed by atoms with Crippen LogP contribution in [0.1, 0.15) is 19.3 Å². The maximum atomic E-state index is 12.7. The number of hydrogen-bond acceptors (Lipinski definition) is 3. The van der Waals surface area contributed by atoms with Gasteiger partial charge in [-0.05, 0) is 31.4 Å². The zero-order valence-corrected chi connectivity index (χ0v) is 9.19. The van der Waals surface area contributed by atoms with Crippen molar-refractivity contribution in [2.45, 2.75) is 25.4 Å². The highest BCUT2D eigenvalue weighted by Gasteiger charge is 2.18. The van der Waals surface area contributed by atoms with Crippen molar-refractivity contribution in [3.05, 3.63) is 30.1 Å². The predicted octanol–water partition coefficient (Wildman–Crippen LogP) is 2.55. The summed E-state index contributed by atoms with van der Waals surface area (Å²) in [4.78, 5) is 8.95. The molecule has 4 heteroatoms. The number of carbonyl (C=O) groups is 1. The van der Waals surface area contributed by atoms with Crippen LogP contribution in [0.3, 0.4) is 0 Å². The smallest absolute Gasteiger partial charge is 0.292 e. The lowest BCUT2D eigenvalue weighted by Gasteiger charge is -2.26. The molecule has 2 rings (SSSR count). The molecular formula is C12H15FO3. The van der Waals surface area contributed by atoms with Crippen LogP contribution in [0, 0.1) is 5.82 Å². The topological polar surface area (TPSA) is 35.5 Å². The quantitative estimate of drug-likeness (QED) is 0.743. The van der Waals surface area contributed by atoms with Crippen LogP contribution in [0.2, 0.25) is 0 Å². The molecule has 1 aliphatic rings. The van der Waals surface area contributed by atoms with E-state index in [0.717, 1.165) is 12.8 Å². The number of methoxy groups -OCH3 is 1. The van der Waals surface area contributed by atoms with Gasteiger partial charge < -0.3 is 9.47 Å². The van der Waals surface area contributed by atoms with E-state index >= 15 is 0 Å². The zero-order valence-electron chi connectivity index (χ0n) is 9.19. The highest BCUT2D eigenvalue weighted by atomic mass is 19.1. The molecule has 16 heavy (non-hydrogen) atoms. The Balaban J connectivity index is 0.000000280. The Bertz CT molecular complexity index is 324. The van der Waals surface area contributed by atoms with Crippen LogP contribution >= 0.6 is 0 Å². The summed E-state index contributed by atoms with van der Waals surface area (Å²) in [6, 6.07) is 6.32. The van der Waals surface area contributed by atoms with Gasteiger partial charge in [0.05, 0.1) is 13.2 Å². The molecule has 1 aromatic rings. The zero-order chi connectivity index (χ0) is 11.8. The van der Waals surface area contributed by atoms with Crippen molar-refractivity contribution in [1.29, 1.82) is 0 Å². The Morgan fingerprint density at radius 1 is 1.44 bits per heavy atom. The Labute approximate surface area is 94.2 Å². The van der Waals surface area contributed by atoms with Gasteiger partial charge >= 0.3 is 0 Å². The van der Waals surface area contributed by atoms with E-state index in [0.29, 0.717) is 18.3 Å². The lowest BCUT2D eigenvalue weighted by atomic mass is 9.96. The summed E-state index contributed by atoms with van der Waals surface area (Å²) in [5, 5.41) is 0. The first-order chi connectivity index (χ1) is 7.76. The van der Waals surface area contributed by atoms with Gasteiger partial charge in [0.2, 0.25) is 0 Å². The number of carbonyl (C=O) groups excluding carboxylic acids is 1. The molecule has 1 aliphatic carbocycles. The van der Waals surface area contributed by atoms with Crippen molar-refractivity contribution in [1.82, 2.24) is 0 Å². The fourth-order valence-electron chi connectivity index (χ4n) is 1.22. The lowest BCUT2D eigenvalue weighted by Crippen LogP contribution is -2.24. The molecule has 0 heterocycles. The molecule has 0 aromatic heterocycles. The van der Waals surface area contributed by atoms with Gasteiger partial charge in [-0.15, -0.1) is 0 Å². The van der Waals surface area contributed by atoms with Crippen LogP contribution < -0.4 is 4.74 Å². The molecule has 1 aromatic carbocycles. The molecule has 3 nitrogen and oxygen atoms in total. The summed E-state index contributed by atoms with van der Waals surface area (Å²) >= 11 is 0. The van der Waals surface area contributed by atoms with E-state index in [1.807, 2.05) is 0 Å². The van der Waals surface area contributed by atoms with Crippen molar-refractivity contribution >= 4 is 6.47 Å². The van der Waals surface area contributed by atoms with Gasteiger partial charge in [0.15, 0.2) is 0 Å². The van der Waals surface area contributed by atoms with Crippen LogP contribution in [0.4, 0.5) is 4.39 Å². The number of hydrogen-bond donors (Lipinski definition) is 0. The number of ether oxygens (including phenoxy) is 2. The van der Waals surface area contributed by atoms with Crippen LogP contribution in [-0.2, 0) is 9.53 Å². The second-order valence-electron chi connectivity index (χ2n) is 3.46. The second-order valence-corrected chi connectivity index (χ2v) is 3.46. The number of benzene rings is 1. The minimum Gasteiger partial charge on any atom is -0.490 e. The van der Waals surface area contributed by atoms with Gasteiger partial charge in [-0.2, -0.15) is 0 Å². The molecule has 0 atom stereocenters. The summed E-state index contributed by atoms with van der Waals surface area (Å²) in [6.07, 6.45) is 3.78. The van der Waals surface area contributed by atoms with E-state index in [2.05, 4.69) is 4.74 Å². The minimum absolute atomic E-state index is 0.230. The van der Waals surface area contributed by atoms with E-state index in [1.165, 1.54) is 25.7 Å². The molecule has 0 amide bonds. The van der Waals surface area contributed by atoms with E-state index in [4.69, 9.17) is 9.53 Å². The molecule has 1 fully saturated rings. The predicted molar refractivity (Wildman–Crippen MR) is 57.7 cm³/mol. The molecule has 0 saturated heterocycles. The summed E-state index contributed by atoms with van der Waals surface area (Å²) in [6.45, 7) is 0.375. The van der Waals surface area contributed by atoms with Gasteiger partial charge in [0, 0.05) is 6.07 Å². The first-order valence-corrected chi connectivity index (χ1v) is 5.15. The highest BCUT2D eigenvalue weighted by Crippen LogP contribution is 2.25. The van der Waals surface area contributed by atoms with Crippen molar-refractivity contribution in [3.63, 3.8) is 0 Å². The van der Waals surface area contributed by atoms with Crippen LogP contribution in [0.5, 0.6) is 5.75 Å². The third-order valence-electron chi connectivity index (χ3n) is 2.25. The third-order valence-corrected chi connectivity index (χ3v) is 2.25. The average molecular weight is 226 g/mol. The van der Waals surface area contributed by atoms with Crippen molar-refractivity contribution < 1.29 is 18.7 Å². The fourth-order valence-corrected chi connectivity index (χ4v) is 1.22. The molecule has 0 N–H and O–H groups in total. The molecular weight excluding hydrogens is 211 g/mol. The average Bonchev–Trinajstić information content (AvgIpc) is 2.24. The van der Waals surface area contributed by atoms with E-state index in [1.54, 1.807) is 12.1 Å². The lowest BCUT2D eigenvalue weighted by molar-refractivity contribution is -0.126. The van der Waals surface area contributed by atoms with E-state index in [9.17, 15) is 4.39 Å². The van der Waals surface area contributed by atoms with Crippen LogP contribution in [0.15, 0.2) is 24.3 Å². The molecule has 0 bridgehead atoms. The van der Waals surface area contributed by atoms with Crippen LogP contribution in [-0.4, -0.2) is 19.7 Å². The summed E-state index contributed by atoms with van der Waals surface area (Å²) < 4.78 is 22.0. The van der Waals surface area contributed by atoms with Gasteiger partial charge in [0.25, 0.3) is 6.47 Å². The van der Waals surface area contributed by atoms with Gasteiger partial charge in [-0.1, -0.05) is 6.07 Å². The summed E-state index contributed by atoms with van der Waals surface area (Å²) in [5.74, 6) is 0.423. The Morgan fingerprint density at radius 2 is 2.12 bits per heavy atom. The normalized spacial score (nSPS) is 14.1. The molecule has 0 spiro atoms. The Hall–Kier alpha value is -1.58. The van der Waals surface area contributed by atoms with E-state index in [-0.39, 0.29) is 5.82 Å². The van der Waals surface area contributed by atoms with Gasteiger partial charge in [-0.25, -0.2) is 4.39 Å². The van der Waals surface area contributed by atoms with Crippen molar-refractivity contribution in [2.24, 2.45) is 0 Å². The summed E-state index contributed by atoms with van der Waals surface area (Å²) in [5.41, 5.74) is 0. The first-order valence-electron chi connectivity index (χ1n) is 5.15. The molecule has 1 saturated carbocycles. The Morgan fingerprint density at radius 3 is 2.56 bits per heavy atom. The summed E-state index contributed by atoms with van der Waals surface area (Å²) in [7, 11) is 1.31. The number of rotatable bonds is 3. The first kappa shape index (κ1) is 12.5. The Kier molecular flexibility index (Phi) is 5.32. The SMILES string of the molecule is COC=O.Fc1cccc(OC2CCC2)c1. The third kappa shape index (κ3) is 4.29. The van der Waals surface area contributed by atoms with Crippen molar-refractivity contribution in [3.8, 4) is 5.75 Å². The monoisotopic (exact) mass is 226 g/mol. The molecule has 0 unspecified atom stereocenters. The maximum absolute atomic E-state index is 12.7. The number of halogens is 1. The second kappa shape index (κ2) is 6.82. The molecule has 0 aliphatic heterocycles. The molecule has 88 valence electrons. The van der Waals surface area contributed by atoms with Gasteiger partial charge in [-0.3, -0.25) is 4.79 Å².